The minimum atomic E-state index is -0.214. The second kappa shape index (κ2) is 9.04. The quantitative estimate of drug-likeness (QED) is 0.630. The van der Waals surface area contributed by atoms with Crippen LogP contribution < -0.4 is 15.0 Å². The molecule has 0 atom stereocenters. The summed E-state index contributed by atoms with van der Waals surface area (Å²) in [6.45, 7) is 4.44. The lowest BCUT2D eigenvalue weighted by atomic mass is 9.99. The maximum Gasteiger partial charge on any atom is 0.262 e. The molecule has 0 radical (unpaired) electrons. The molecule has 5 nitrogen and oxygen atoms in total. The van der Waals surface area contributed by atoms with Crippen molar-refractivity contribution in [2.24, 2.45) is 0 Å². The second-order valence-electron chi connectivity index (χ2n) is 7.91. The van der Waals surface area contributed by atoms with E-state index in [0.29, 0.717) is 25.1 Å². The van der Waals surface area contributed by atoms with Crippen molar-refractivity contribution in [2.75, 3.05) is 16.8 Å². The normalized spacial score (nSPS) is 13.0. The fourth-order valence-corrected chi connectivity index (χ4v) is 3.78. The molecular weight excluding hydrogens is 388 g/mol. The number of carbonyl (C=O) groups excluding carboxylic acids is 2. The summed E-state index contributed by atoms with van der Waals surface area (Å²) in [4.78, 5) is 26.8. The van der Waals surface area contributed by atoms with E-state index < -0.39 is 0 Å². The van der Waals surface area contributed by atoms with Crippen LogP contribution in [0, 0.1) is 13.8 Å². The number of benzene rings is 3. The number of amides is 2. The van der Waals surface area contributed by atoms with Crippen LogP contribution in [0.4, 0.5) is 11.4 Å². The topological polar surface area (TPSA) is 58.6 Å². The van der Waals surface area contributed by atoms with E-state index in [1.165, 1.54) is 0 Å². The zero-order chi connectivity index (χ0) is 21.8. The molecule has 0 saturated heterocycles. The van der Waals surface area contributed by atoms with E-state index in [2.05, 4.69) is 5.32 Å². The molecule has 158 valence electrons. The number of carbonyl (C=O) groups is 2. The Morgan fingerprint density at radius 2 is 1.81 bits per heavy atom. The van der Waals surface area contributed by atoms with Gasteiger partial charge in [0.05, 0.1) is 6.54 Å². The Morgan fingerprint density at radius 3 is 2.61 bits per heavy atom. The van der Waals surface area contributed by atoms with Crippen molar-refractivity contribution in [1.82, 2.24) is 0 Å². The van der Waals surface area contributed by atoms with E-state index in [-0.39, 0.29) is 18.4 Å². The number of nitrogens with one attached hydrogen (secondary N) is 1. The van der Waals surface area contributed by atoms with Crippen LogP contribution >= 0.6 is 0 Å². The van der Waals surface area contributed by atoms with Crippen LogP contribution in [0.5, 0.6) is 5.75 Å². The highest BCUT2D eigenvalue weighted by Gasteiger charge is 2.24. The van der Waals surface area contributed by atoms with Gasteiger partial charge >= 0.3 is 0 Å². The van der Waals surface area contributed by atoms with Crippen LogP contribution in [-0.2, 0) is 22.6 Å². The molecule has 0 spiro atoms. The Kier molecular flexibility index (Phi) is 6.03. The Morgan fingerprint density at radius 1 is 1.00 bits per heavy atom. The van der Waals surface area contributed by atoms with Gasteiger partial charge in [-0.05, 0) is 66.8 Å². The lowest BCUT2D eigenvalue weighted by molar-refractivity contribution is -0.119. The lowest BCUT2D eigenvalue weighted by Gasteiger charge is -2.30. The monoisotopic (exact) mass is 414 g/mol. The maximum absolute atomic E-state index is 12.5. The molecule has 0 aromatic heterocycles. The molecule has 1 aliphatic heterocycles. The SMILES string of the molecule is Cc1ccc(C)c(OCC(=O)Nc2ccc3c(c2)CCC(=O)N3Cc2ccccc2)c1. The van der Waals surface area contributed by atoms with Crippen LogP contribution in [0.25, 0.3) is 0 Å². The van der Waals surface area contributed by atoms with E-state index in [1.807, 2.05) is 85.5 Å². The van der Waals surface area contributed by atoms with Crippen molar-refractivity contribution in [3.8, 4) is 5.75 Å². The fraction of sp³-hybridized carbons (Fsp3) is 0.231. The number of hydrogen-bond donors (Lipinski definition) is 1. The summed E-state index contributed by atoms with van der Waals surface area (Å²) >= 11 is 0. The van der Waals surface area contributed by atoms with Gasteiger partial charge in [0.15, 0.2) is 6.61 Å². The van der Waals surface area contributed by atoms with Crippen molar-refractivity contribution in [3.63, 3.8) is 0 Å². The van der Waals surface area contributed by atoms with Crippen molar-refractivity contribution in [1.29, 1.82) is 0 Å². The molecule has 2 amide bonds. The number of nitrogens with zero attached hydrogens (tertiary/aromatic N) is 1. The molecule has 31 heavy (non-hydrogen) atoms. The molecule has 0 unspecified atom stereocenters. The zero-order valence-electron chi connectivity index (χ0n) is 17.9. The highest BCUT2D eigenvalue weighted by molar-refractivity contribution is 5.97. The third kappa shape index (κ3) is 4.94. The van der Waals surface area contributed by atoms with Gasteiger partial charge in [0.2, 0.25) is 5.91 Å². The maximum atomic E-state index is 12.5. The largest absolute Gasteiger partial charge is 0.483 e. The van der Waals surface area contributed by atoms with Gasteiger partial charge in [0.25, 0.3) is 5.91 Å². The first-order valence-electron chi connectivity index (χ1n) is 10.5. The molecule has 0 aliphatic carbocycles. The average molecular weight is 415 g/mol. The van der Waals surface area contributed by atoms with Gasteiger partial charge in [0, 0.05) is 17.8 Å². The number of anilines is 2. The molecule has 1 aliphatic rings. The first-order chi connectivity index (χ1) is 15.0. The van der Waals surface area contributed by atoms with Gasteiger partial charge in [-0.1, -0.05) is 42.5 Å². The van der Waals surface area contributed by atoms with Gasteiger partial charge in [0.1, 0.15) is 5.75 Å². The predicted molar refractivity (Wildman–Crippen MR) is 122 cm³/mol. The Balaban J connectivity index is 1.43. The van der Waals surface area contributed by atoms with E-state index in [1.54, 1.807) is 0 Å². The highest BCUT2D eigenvalue weighted by Crippen LogP contribution is 2.31. The third-order valence-electron chi connectivity index (χ3n) is 5.45. The molecule has 4 rings (SSSR count). The zero-order valence-corrected chi connectivity index (χ0v) is 17.9. The van der Waals surface area contributed by atoms with Gasteiger partial charge in [-0.15, -0.1) is 0 Å². The van der Waals surface area contributed by atoms with Crippen molar-refractivity contribution < 1.29 is 14.3 Å². The van der Waals surface area contributed by atoms with E-state index >= 15 is 0 Å². The summed E-state index contributed by atoms with van der Waals surface area (Å²) in [6, 6.07) is 21.6. The van der Waals surface area contributed by atoms with E-state index in [9.17, 15) is 9.59 Å². The molecule has 0 saturated carbocycles. The third-order valence-corrected chi connectivity index (χ3v) is 5.45. The minimum absolute atomic E-state index is 0.0556. The van der Waals surface area contributed by atoms with Crippen LogP contribution in [0.2, 0.25) is 0 Å². The number of aryl methyl sites for hydroxylation is 3. The van der Waals surface area contributed by atoms with Gasteiger partial charge in [-0.2, -0.15) is 0 Å². The summed E-state index contributed by atoms with van der Waals surface area (Å²) < 4.78 is 5.70. The van der Waals surface area contributed by atoms with E-state index in [4.69, 9.17) is 4.74 Å². The van der Waals surface area contributed by atoms with Crippen LogP contribution in [0.3, 0.4) is 0 Å². The summed E-state index contributed by atoms with van der Waals surface area (Å²) in [5.74, 6) is 0.625. The molecule has 0 fully saturated rings. The van der Waals surface area contributed by atoms with Gasteiger partial charge < -0.3 is 15.0 Å². The molecule has 0 bridgehead atoms. The van der Waals surface area contributed by atoms with Crippen LogP contribution in [0.1, 0.15) is 28.7 Å². The molecular formula is C26H26N2O3. The van der Waals surface area contributed by atoms with Crippen LogP contribution in [0.15, 0.2) is 66.7 Å². The Hall–Kier alpha value is -3.60. The average Bonchev–Trinajstić information content (AvgIpc) is 2.77. The van der Waals surface area contributed by atoms with Crippen molar-refractivity contribution >= 4 is 23.2 Å². The minimum Gasteiger partial charge on any atom is -0.483 e. The van der Waals surface area contributed by atoms with Crippen molar-refractivity contribution in [3.05, 3.63) is 89.0 Å². The van der Waals surface area contributed by atoms with Crippen molar-refractivity contribution in [2.45, 2.75) is 33.2 Å². The number of hydrogen-bond acceptors (Lipinski definition) is 3. The number of fused-ring (bicyclic) bond motifs is 1. The fourth-order valence-electron chi connectivity index (χ4n) is 3.78. The Bertz CT molecular complexity index is 1110. The highest BCUT2D eigenvalue weighted by atomic mass is 16.5. The Labute approximate surface area is 182 Å². The molecule has 5 heteroatoms. The molecule has 1 N–H and O–H groups in total. The number of ether oxygens (including phenoxy) is 1. The molecule has 1 heterocycles. The van der Waals surface area contributed by atoms with E-state index in [0.717, 1.165) is 33.7 Å². The molecule has 3 aromatic rings. The summed E-state index contributed by atoms with van der Waals surface area (Å²) in [6.07, 6.45) is 1.13. The van der Waals surface area contributed by atoms with Gasteiger partial charge in [-0.3, -0.25) is 9.59 Å². The second-order valence-corrected chi connectivity index (χ2v) is 7.91. The van der Waals surface area contributed by atoms with Gasteiger partial charge in [-0.25, -0.2) is 0 Å². The molecule has 3 aromatic carbocycles. The first kappa shape index (κ1) is 20.7. The number of rotatable bonds is 6. The lowest BCUT2D eigenvalue weighted by Crippen LogP contribution is -2.34. The smallest absolute Gasteiger partial charge is 0.262 e. The standard InChI is InChI=1S/C26H26N2O3/c1-18-8-9-19(2)24(14-18)31-17-25(29)27-22-11-12-23-21(15-22)10-13-26(30)28(23)16-20-6-4-3-5-7-20/h3-9,11-12,14-15H,10,13,16-17H2,1-2H3,(H,27,29). The summed E-state index contributed by atoms with van der Waals surface area (Å²) in [7, 11) is 0. The van der Waals surface area contributed by atoms with Crippen LogP contribution in [-0.4, -0.2) is 18.4 Å². The summed E-state index contributed by atoms with van der Waals surface area (Å²) in [5, 5.41) is 2.90. The summed E-state index contributed by atoms with van der Waals surface area (Å²) in [5.41, 5.74) is 5.85. The first-order valence-corrected chi connectivity index (χ1v) is 10.5. The predicted octanol–water partition coefficient (Wildman–Crippen LogP) is 4.80.